The molecular formula is C51H32N4O. The monoisotopic (exact) mass is 716 g/mol. The maximum absolute atomic E-state index is 6.60. The van der Waals surface area contributed by atoms with Crippen LogP contribution in [0.3, 0.4) is 0 Å². The van der Waals surface area contributed by atoms with Gasteiger partial charge in [0, 0.05) is 49.5 Å². The Balaban J connectivity index is 0.969. The van der Waals surface area contributed by atoms with Gasteiger partial charge in [-0.15, -0.1) is 0 Å². The first-order chi connectivity index (χ1) is 27.7. The molecule has 3 aromatic heterocycles. The van der Waals surface area contributed by atoms with Crippen LogP contribution in [0.4, 0.5) is 0 Å². The Morgan fingerprint density at radius 3 is 1.59 bits per heavy atom. The van der Waals surface area contributed by atoms with E-state index in [1.165, 1.54) is 27.4 Å². The van der Waals surface area contributed by atoms with Gasteiger partial charge in [-0.25, -0.2) is 15.0 Å². The Kier molecular flexibility index (Phi) is 7.42. The lowest BCUT2D eigenvalue weighted by Gasteiger charge is -2.09. The molecule has 0 atom stereocenters. The highest BCUT2D eigenvalue weighted by atomic mass is 16.3. The summed E-state index contributed by atoms with van der Waals surface area (Å²) in [5.41, 5.74) is 12.5. The third-order valence-electron chi connectivity index (χ3n) is 10.7. The fourth-order valence-electron chi connectivity index (χ4n) is 7.95. The summed E-state index contributed by atoms with van der Waals surface area (Å²) in [6.45, 7) is 0. The van der Waals surface area contributed by atoms with E-state index in [4.69, 9.17) is 19.4 Å². The molecule has 5 nitrogen and oxygen atoms in total. The van der Waals surface area contributed by atoms with E-state index < -0.39 is 0 Å². The summed E-state index contributed by atoms with van der Waals surface area (Å²) in [4.78, 5) is 14.8. The second kappa shape index (κ2) is 13.0. The number of rotatable bonds is 6. The SMILES string of the molecule is c1ccc(-c2nc(-c3ccccc3)nc(-c3ccc4oc5c(-c6ccc(-c7ccc8c(c7)c7ccccc7n8-c7ccccc7)cc6)cccc5c4c3)n2)cc1. The number of hydrogen-bond donors (Lipinski definition) is 0. The fourth-order valence-corrected chi connectivity index (χ4v) is 7.95. The van der Waals surface area contributed by atoms with Crippen LogP contribution in [0, 0.1) is 0 Å². The zero-order valence-corrected chi connectivity index (χ0v) is 30.2. The Morgan fingerprint density at radius 1 is 0.339 bits per heavy atom. The van der Waals surface area contributed by atoms with Gasteiger partial charge in [-0.05, 0) is 65.2 Å². The van der Waals surface area contributed by atoms with Crippen LogP contribution in [0.15, 0.2) is 199 Å². The lowest BCUT2D eigenvalue weighted by atomic mass is 9.98. The summed E-state index contributed by atoms with van der Waals surface area (Å²) in [5.74, 6) is 1.89. The molecule has 11 aromatic rings. The molecule has 0 saturated carbocycles. The molecule has 0 bridgehead atoms. The van der Waals surface area contributed by atoms with Crippen LogP contribution in [0.2, 0.25) is 0 Å². The van der Waals surface area contributed by atoms with Crippen molar-refractivity contribution in [3.8, 4) is 62.1 Å². The van der Waals surface area contributed by atoms with E-state index in [-0.39, 0.29) is 0 Å². The minimum absolute atomic E-state index is 0.614. The van der Waals surface area contributed by atoms with Gasteiger partial charge in [-0.1, -0.05) is 146 Å². The lowest BCUT2D eigenvalue weighted by molar-refractivity contribution is 0.670. The molecule has 0 unspecified atom stereocenters. The first-order valence-electron chi connectivity index (χ1n) is 18.8. The molecule has 0 aliphatic carbocycles. The van der Waals surface area contributed by atoms with E-state index in [9.17, 15) is 0 Å². The van der Waals surface area contributed by atoms with Crippen molar-refractivity contribution in [2.75, 3.05) is 0 Å². The maximum atomic E-state index is 6.60. The van der Waals surface area contributed by atoms with E-state index in [2.05, 4.69) is 126 Å². The number of fused-ring (bicyclic) bond motifs is 6. The van der Waals surface area contributed by atoms with E-state index in [1.54, 1.807) is 0 Å². The van der Waals surface area contributed by atoms with E-state index in [1.807, 2.05) is 72.8 Å². The quantitative estimate of drug-likeness (QED) is 0.172. The van der Waals surface area contributed by atoms with Crippen LogP contribution >= 0.6 is 0 Å². The van der Waals surface area contributed by atoms with Crippen LogP contribution in [-0.4, -0.2) is 19.5 Å². The second-order valence-corrected chi connectivity index (χ2v) is 14.0. The third kappa shape index (κ3) is 5.37. The highest BCUT2D eigenvalue weighted by molar-refractivity contribution is 6.11. The smallest absolute Gasteiger partial charge is 0.164 e. The van der Waals surface area contributed by atoms with Crippen molar-refractivity contribution in [1.29, 1.82) is 0 Å². The predicted octanol–water partition coefficient (Wildman–Crippen LogP) is 13.2. The average molecular weight is 717 g/mol. The van der Waals surface area contributed by atoms with Gasteiger partial charge in [0.2, 0.25) is 0 Å². The van der Waals surface area contributed by atoms with Gasteiger partial charge in [0.1, 0.15) is 11.2 Å². The van der Waals surface area contributed by atoms with Gasteiger partial charge >= 0.3 is 0 Å². The molecule has 11 rings (SSSR count). The summed E-state index contributed by atoms with van der Waals surface area (Å²) in [7, 11) is 0. The van der Waals surface area contributed by atoms with Crippen molar-refractivity contribution in [3.63, 3.8) is 0 Å². The van der Waals surface area contributed by atoms with Crippen molar-refractivity contribution in [2.45, 2.75) is 0 Å². The van der Waals surface area contributed by atoms with Gasteiger partial charge in [0.15, 0.2) is 17.5 Å². The van der Waals surface area contributed by atoms with Crippen molar-refractivity contribution >= 4 is 43.7 Å². The lowest BCUT2D eigenvalue weighted by Crippen LogP contribution is -2.00. The zero-order valence-electron chi connectivity index (χ0n) is 30.2. The topological polar surface area (TPSA) is 56.7 Å². The largest absolute Gasteiger partial charge is 0.455 e. The van der Waals surface area contributed by atoms with Crippen molar-refractivity contribution in [2.24, 2.45) is 0 Å². The van der Waals surface area contributed by atoms with E-state index in [0.717, 1.165) is 61.0 Å². The van der Waals surface area contributed by atoms with Crippen LogP contribution in [-0.2, 0) is 0 Å². The van der Waals surface area contributed by atoms with E-state index >= 15 is 0 Å². The van der Waals surface area contributed by atoms with Crippen molar-refractivity contribution in [1.82, 2.24) is 19.5 Å². The first kappa shape index (κ1) is 31.9. The second-order valence-electron chi connectivity index (χ2n) is 14.0. The number of nitrogens with zero attached hydrogens (tertiary/aromatic N) is 4. The fraction of sp³-hybridized carbons (Fsp3) is 0. The molecule has 56 heavy (non-hydrogen) atoms. The van der Waals surface area contributed by atoms with Gasteiger partial charge in [0.25, 0.3) is 0 Å². The first-order valence-corrected chi connectivity index (χ1v) is 18.8. The van der Waals surface area contributed by atoms with Crippen molar-refractivity contribution < 1.29 is 4.42 Å². The van der Waals surface area contributed by atoms with Crippen LogP contribution in [0.5, 0.6) is 0 Å². The van der Waals surface area contributed by atoms with Gasteiger partial charge in [-0.2, -0.15) is 0 Å². The normalized spacial score (nSPS) is 11.6. The zero-order chi connectivity index (χ0) is 37.0. The van der Waals surface area contributed by atoms with Crippen LogP contribution in [0.1, 0.15) is 0 Å². The minimum atomic E-state index is 0.614. The minimum Gasteiger partial charge on any atom is -0.455 e. The van der Waals surface area contributed by atoms with Crippen molar-refractivity contribution in [3.05, 3.63) is 194 Å². The Hall–Kier alpha value is -7.63. The average Bonchev–Trinajstić information content (AvgIpc) is 3.82. The van der Waals surface area contributed by atoms with E-state index in [0.29, 0.717) is 17.5 Å². The molecule has 8 aromatic carbocycles. The summed E-state index contributed by atoms with van der Waals surface area (Å²) in [5, 5.41) is 4.54. The number of aromatic nitrogens is 4. The number of para-hydroxylation sites is 3. The summed E-state index contributed by atoms with van der Waals surface area (Å²) >= 11 is 0. The Bertz CT molecular complexity index is 3160. The summed E-state index contributed by atoms with van der Waals surface area (Å²) in [6.07, 6.45) is 0. The molecular weight excluding hydrogens is 685 g/mol. The van der Waals surface area contributed by atoms with Gasteiger partial charge < -0.3 is 8.98 Å². The molecule has 0 N–H and O–H groups in total. The standard InChI is InChI=1S/C51H32N4O/c1-4-13-35(14-5-1)49-52-50(36-15-6-2-7-16-36)54-51(53-49)38-28-30-47-44(32-38)42-21-12-20-40(48(42)56-47)34-25-23-33(24-26-34)37-27-29-46-43(31-37)41-19-10-11-22-45(41)55(46)39-17-8-3-9-18-39/h1-32H. The molecule has 0 aliphatic rings. The molecule has 5 heteroatoms. The molecule has 3 heterocycles. The number of benzene rings is 8. The molecule has 262 valence electrons. The molecule has 0 spiro atoms. The van der Waals surface area contributed by atoms with Crippen LogP contribution in [0.25, 0.3) is 106 Å². The molecule has 0 radical (unpaired) electrons. The molecule has 0 fully saturated rings. The molecule has 0 aliphatic heterocycles. The molecule has 0 saturated heterocycles. The van der Waals surface area contributed by atoms with Gasteiger partial charge in [0.05, 0.1) is 11.0 Å². The highest BCUT2D eigenvalue weighted by Crippen LogP contribution is 2.39. The third-order valence-corrected chi connectivity index (χ3v) is 10.7. The maximum Gasteiger partial charge on any atom is 0.164 e. The Labute approximate surface area is 322 Å². The number of hydrogen-bond acceptors (Lipinski definition) is 4. The predicted molar refractivity (Wildman–Crippen MR) is 229 cm³/mol. The number of furan rings is 1. The summed E-state index contributed by atoms with van der Waals surface area (Å²) < 4.78 is 8.95. The summed E-state index contributed by atoms with van der Waals surface area (Å²) in [6, 6.07) is 67.5. The highest BCUT2D eigenvalue weighted by Gasteiger charge is 2.17. The Morgan fingerprint density at radius 2 is 0.875 bits per heavy atom. The van der Waals surface area contributed by atoms with Gasteiger partial charge in [-0.3, -0.25) is 0 Å². The van der Waals surface area contributed by atoms with Crippen LogP contribution < -0.4 is 0 Å². The molecule has 0 amide bonds.